The summed E-state index contributed by atoms with van der Waals surface area (Å²) in [7, 11) is 3.35. The number of ether oxygens (including phenoxy) is 2. The maximum Gasteiger partial charge on any atom is 0.275 e. The van der Waals surface area contributed by atoms with E-state index in [1.165, 1.54) is 4.90 Å². The fourth-order valence-electron chi connectivity index (χ4n) is 3.92. The molecule has 0 radical (unpaired) electrons. The van der Waals surface area contributed by atoms with E-state index < -0.39 is 0 Å². The second-order valence-electron chi connectivity index (χ2n) is 7.12. The van der Waals surface area contributed by atoms with Crippen molar-refractivity contribution in [3.05, 3.63) is 58.6 Å². The van der Waals surface area contributed by atoms with Crippen LogP contribution in [-0.4, -0.2) is 39.8 Å². The first-order valence-electron chi connectivity index (χ1n) is 9.68. The van der Waals surface area contributed by atoms with E-state index in [4.69, 9.17) is 21.1 Å². The Morgan fingerprint density at radius 1 is 1.21 bits per heavy atom. The average Bonchev–Trinajstić information content (AvgIpc) is 3.15. The normalized spacial score (nSPS) is 18.7. The third kappa shape index (κ3) is 5.18. The van der Waals surface area contributed by atoms with Gasteiger partial charge >= 0.3 is 0 Å². The van der Waals surface area contributed by atoms with Crippen LogP contribution >= 0.6 is 11.6 Å². The summed E-state index contributed by atoms with van der Waals surface area (Å²) >= 11 is 6.01. The number of amides is 1. The van der Waals surface area contributed by atoms with Gasteiger partial charge in [0.1, 0.15) is 17.5 Å². The third-order valence-electron chi connectivity index (χ3n) is 5.31. The fourth-order valence-corrected chi connectivity index (χ4v) is 4.13. The average molecular weight is 404 g/mol. The molecule has 1 amide bonds. The first-order valence-corrected chi connectivity index (χ1v) is 10.1. The van der Waals surface area contributed by atoms with Gasteiger partial charge in [0.05, 0.1) is 26.3 Å². The Kier molecular flexibility index (Phi) is 7.18. The molecular weight excluding hydrogens is 376 g/mol. The second-order valence-corrected chi connectivity index (χ2v) is 7.55. The van der Waals surface area contributed by atoms with Crippen LogP contribution in [0.4, 0.5) is 0 Å². The molecule has 0 bridgehead atoms. The van der Waals surface area contributed by atoms with E-state index in [-0.39, 0.29) is 11.9 Å². The van der Waals surface area contributed by atoms with Crippen LogP contribution in [0.5, 0.6) is 11.5 Å². The van der Waals surface area contributed by atoms with E-state index >= 15 is 0 Å². The van der Waals surface area contributed by atoms with Crippen molar-refractivity contribution < 1.29 is 19.2 Å². The van der Waals surface area contributed by atoms with Gasteiger partial charge in [0.2, 0.25) is 0 Å². The number of carbonyl (C=O) groups is 1. The minimum Gasteiger partial charge on any atom is -0.497 e. The lowest BCUT2D eigenvalue weighted by Crippen LogP contribution is -3.11. The molecule has 2 aromatic carbocycles. The number of methoxy groups -OCH3 is 2. The van der Waals surface area contributed by atoms with Crippen molar-refractivity contribution >= 4 is 17.5 Å². The molecule has 0 saturated carbocycles. The molecule has 2 atom stereocenters. The molecule has 150 valence electrons. The summed E-state index contributed by atoms with van der Waals surface area (Å²) in [5.41, 5.74) is 2.24. The number of carbonyl (C=O) groups excluding carboxylic acids is 1. The molecule has 2 N–H and O–H groups in total. The number of hydrogen-bond acceptors (Lipinski definition) is 3. The van der Waals surface area contributed by atoms with Gasteiger partial charge in [0.25, 0.3) is 5.91 Å². The molecule has 3 rings (SSSR count). The van der Waals surface area contributed by atoms with E-state index in [0.717, 1.165) is 53.5 Å². The molecule has 1 aliphatic rings. The first kappa shape index (κ1) is 20.5. The molecule has 2 aromatic rings. The molecule has 1 saturated heterocycles. The van der Waals surface area contributed by atoms with E-state index in [9.17, 15) is 4.79 Å². The van der Waals surface area contributed by atoms with Gasteiger partial charge in [0, 0.05) is 24.4 Å². The maximum absolute atomic E-state index is 12.5. The molecule has 0 aromatic heterocycles. The SMILES string of the molecule is COc1ccc(OC)c([C@H]2CCC[NH+]2CC(=O)NCCc2cccc(Cl)c2)c1. The van der Waals surface area contributed by atoms with Crippen molar-refractivity contribution in [3.8, 4) is 11.5 Å². The largest absolute Gasteiger partial charge is 0.497 e. The molecule has 0 spiro atoms. The highest BCUT2D eigenvalue weighted by molar-refractivity contribution is 6.30. The molecule has 1 aliphatic heterocycles. The number of halogens is 1. The Morgan fingerprint density at radius 3 is 2.82 bits per heavy atom. The van der Waals surface area contributed by atoms with Crippen LogP contribution < -0.4 is 19.7 Å². The van der Waals surface area contributed by atoms with Crippen LogP contribution in [0.1, 0.15) is 30.0 Å². The number of quaternary nitrogens is 1. The lowest BCUT2D eigenvalue weighted by Gasteiger charge is -2.23. The van der Waals surface area contributed by atoms with E-state index in [1.807, 2.05) is 42.5 Å². The molecule has 28 heavy (non-hydrogen) atoms. The van der Waals surface area contributed by atoms with Gasteiger partial charge in [-0.25, -0.2) is 0 Å². The summed E-state index contributed by atoms with van der Waals surface area (Å²) in [6.45, 7) is 2.05. The maximum atomic E-state index is 12.5. The summed E-state index contributed by atoms with van der Waals surface area (Å²) in [5, 5.41) is 3.76. The standard InChI is InChI=1S/C22H27ClN2O3/c1-27-18-8-9-21(28-2)19(14-18)20-7-4-12-25(20)15-22(26)24-11-10-16-5-3-6-17(23)13-16/h3,5-6,8-9,13-14,20H,4,7,10-12,15H2,1-2H3,(H,24,26)/p+1/t20-/m1/s1. The minimum atomic E-state index is 0.0748. The zero-order valence-electron chi connectivity index (χ0n) is 16.5. The highest BCUT2D eigenvalue weighted by atomic mass is 35.5. The van der Waals surface area contributed by atoms with Gasteiger partial charge in [-0.3, -0.25) is 4.79 Å². The number of rotatable bonds is 8. The Morgan fingerprint density at radius 2 is 2.07 bits per heavy atom. The van der Waals surface area contributed by atoms with Gasteiger partial charge in [-0.15, -0.1) is 0 Å². The molecular formula is C22H28ClN2O3+. The Hall–Kier alpha value is -2.24. The van der Waals surface area contributed by atoms with Gasteiger partial charge in [-0.2, -0.15) is 0 Å². The van der Waals surface area contributed by atoms with Crippen LogP contribution in [0.25, 0.3) is 0 Å². The van der Waals surface area contributed by atoms with Crippen molar-refractivity contribution in [2.75, 3.05) is 33.9 Å². The van der Waals surface area contributed by atoms with Crippen molar-refractivity contribution in [3.63, 3.8) is 0 Å². The minimum absolute atomic E-state index is 0.0748. The Bertz CT molecular complexity index is 812. The molecule has 5 nitrogen and oxygen atoms in total. The molecule has 1 heterocycles. The number of nitrogens with one attached hydrogen (secondary N) is 2. The predicted octanol–water partition coefficient (Wildman–Crippen LogP) is 2.44. The quantitative estimate of drug-likeness (QED) is 0.711. The Labute approximate surface area is 171 Å². The molecule has 1 fully saturated rings. The molecule has 6 heteroatoms. The van der Waals surface area contributed by atoms with Crippen molar-refractivity contribution in [2.24, 2.45) is 0 Å². The summed E-state index contributed by atoms with van der Waals surface area (Å²) in [6, 6.07) is 13.9. The van der Waals surface area contributed by atoms with Gasteiger partial charge < -0.3 is 19.7 Å². The van der Waals surface area contributed by atoms with Crippen LogP contribution in [0, 0.1) is 0 Å². The van der Waals surface area contributed by atoms with Gasteiger partial charge in [0.15, 0.2) is 6.54 Å². The van der Waals surface area contributed by atoms with Crippen LogP contribution in [0.15, 0.2) is 42.5 Å². The van der Waals surface area contributed by atoms with Gasteiger partial charge in [-0.1, -0.05) is 23.7 Å². The van der Waals surface area contributed by atoms with Crippen LogP contribution in [0.3, 0.4) is 0 Å². The topological polar surface area (TPSA) is 52.0 Å². The van der Waals surface area contributed by atoms with Crippen molar-refractivity contribution in [1.29, 1.82) is 0 Å². The highest BCUT2D eigenvalue weighted by Crippen LogP contribution is 2.31. The summed E-state index contributed by atoms with van der Waals surface area (Å²) in [4.78, 5) is 13.8. The number of likely N-dealkylation sites (tertiary alicyclic amines) is 1. The van der Waals surface area contributed by atoms with Gasteiger partial charge in [-0.05, 0) is 42.3 Å². The van der Waals surface area contributed by atoms with Crippen molar-refractivity contribution in [1.82, 2.24) is 5.32 Å². The fraction of sp³-hybridized carbons (Fsp3) is 0.409. The second kappa shape index (κ2) is 9.80. The van der Waals surface area contributed by atoms with E-state index in [0.29, 0.717) is 13.1 Å². The third-order valence-corrected chi connectivity index (χ3v) is 5.54. The predicted molar refractivity (Wildman–Crippen MR) is 110 cm³/mol. The first-order chi connectivity index (χ1) is 13.6. The highest BCUT2D eigenvalue weighted by Gasteiger charge is 2.33. The molecule has 1 unspecified atom stereocenters. The smallest absolute Gasteiger partial charge is 0.275 e. The van der Waals surface area contributed by atoms with E-state index in [1.54, 1.807) is 14.2 Å². The monoisotopic (exact) mass is 403 g/mol. The number of benzene rings is 2. The summed E-state index contributed by atoms with van der Waals surface area (Å²) in [5.74, 6) is 1.74. The van der Waals surface area contributed by atoms with Crippen molar-refractivity contribution in [2.45, 2.75) is 25.3 Å². The number of hydrogen-bond donors (Lipinski definition) is 2. The molecule has 0 aliphatic carbocycles. The van der Waals surface area contributed by atoms with E-state index in [2.05, 4.69) is 5.32 Å². The van der Waals surface area contributed by atoms with Crippen LogP contribution in [0.2, 0.25) is 5.02 Å². The van der Waals surface area contributed by atoms with Crippen LogP contribution in [-0.2, 0) is 11.2 Å². The summed E-state index contributed by atoms with van der Waals surface area (Å²) < 4.78 is 10.9. The lowest BCUT2D eigenvalue weighted by atomic mass is 10.0. The zero-order chi connectivity index (χ0) is 19.9. The zero-order valence-corrected chi connectivity index (χ0v) is 17.2. The summed E-state index contributed by atoms with van der Waals surface area (Å²) in [6.07, 6.45) is 2.90. The Balaban J connectivity index is 1.58. The lowest BCUT2D eigenvalue weighted by molar-refractivity contribution is -0.910.